The Balaban J connectivity index is 2.20. The van der Waals surface area contributed by atoms with Gasteiger partial charge in [0.15, 0.2) is 0 Å². The Hall–Kier alpha value is -2.03. The Morgan fingerprint density at radius 1 is 1.15 bits per heavy atom. The van der Waals surface area contributed by atoms with Crippen molar-refractivity contribution >= 4 is 5.78 Å². The third kappa shape index (κ3) is 3.10. The van der Waals surface area contributed by atoms with Gasteiger partial charge in [0, 0.05) is 31.2 Å². The maximum Gasteiger partial charge on any atom is 0.573 e. The number of halogens is 3. The average molecular weight is 283 g/mol. The van der Waals surface area contributed by atoms with Gasteiger partial charge in [-0.3, -0.25) is 4.79 Å². The predicted molar refractivity (Wildman–Crippen MR) is 64.9 cm³/mol. The number of Topliss-reactive ketones (excluding diaryl/α,β-unsaturated/α-hetero) is 1. The topological polar surface area (TPSA) is 30.7 Å². The highest BCUT2D eigenvalue weighted by atomic mass is 19.4. The summed E-state index contributed by atoms with van der Waals surface area (Å²) < 4.78 is 40.0. The molecular formula is C14H12F3NO2. The first kappa shape index (κ1) is 14.4. The van der Waals surface area contributed by atoms with E-state index in [1.54, 1.807) is 0 Å². The number of alkyl halides is 3. The zero-order valence-electron chi connectivity index (χ0n) is 10.5. The van der Waals surface area contributed by atoms with Crippen molar-refractivity contribution in [2.45, 2.75) is 37.6 Å². The number of nitrogens with zero attached hydrogens (tertiary/aromatic N) is 1. The van der Waals surface area contributed by atoms with Gasteiger partial charge in [0.05, 0.1) is 0 Å². The molecule has 0 atom stereocenters. The largest absolute Gasteiger partial charge is 0.573 e. The first-order valence-corrected chi connectivity index (χ1v) is 6.11. The summed E-state index contributed by atoms with van der Waals surface area (Å²) in [5, 5.41) is 0. The van der Waals surface area contributed by atoms with Crippen molar-refractivity contribution < 1.29 is 22.7 Å². The standard InChI is InChI=1S/C14H12F3NO2/c1-18-13(8-6-11(19)7-9-13)10-2-4-12(5-3-10)20-14(15,16)17/h2-5H,6-9H2. The quantitative estimate of drug-likeness (QED) is 0.772. The van der Waals surface area contributed by atoms with Crippen LogP contribution in [0.3, 0.4) is 0 Å². The maximum absolute atomic E-state index is 12.1. The number of ketones is 1. The minimum Gasteiger partial charge on any atom is -0.406 e. The summed E-state index contributed by atoms with van der Waals surface area (Å²) in [6.07, 6.45) is -3.23. The molecule has 1 saturated carbocycles. The summed E-state index contributed by atoms with van der Waals surface area (Å²) in [6, 6.07) is 5.34. The lowest BCUT2D eigenvalue weighted by molar-refractivity contribution is -0.274. The first-order chi connectivity index (χ1) is 9.35. The molecule has 1 aliphatic rings. The summed E-state index contributed by atoms with van der Waals surface area (Å²) in [5.74, 6) is -0.186. The van der Waals surface area contributed by atoms with Crippen LogP contribution in [0.4, 0.5) is 13.2 Å². The Morgan fingerprint density at radius 2 is 1.70 bits per heavy atom. The van der Waals surface area contributed by atoms with Crippen molar-refractivity contribution in [3.8, 4) is 5.75 Å². The molecule has 0 amide bonds. The molecule has 0 saturated heterocycles. The predicted octanol–water partition coefficient (Wildman–Crippen LogP) is 3.84. The highest BCUT2D eigenvalue weighted by Crippen LogP contribution is 2.40. The van der Waals surface area contributed by atoms with Crippen molar-refractivity contribution in [1.29, 1.82) is 0 Å². The molecule has 0 spiro atoms. The maximum atomic E-state index is 12.1. The van der Waals surface area contributed by atoms with Crippen molar-refractivity contribution in [2.75, 3.05) is 0 Å². The van der Waals surface area contributed by atoms with Crippen LogP contribution in [0.5, 0.6) is 5.75 Å². The SMILES string of the molecule is [C-]#[N+]C1(c2ccc(OC(F)(F)F)cc2)CCC(=O)CC1. The van der Waals surface area contributed by atoms with Crippen LogP contribution in [0.2, 0.25) is 0 Å². The van der Waals surface area contributed by atoms with Crippen LogP contribution in [0.1, 0.15) is 31.2 Å². The second-order valence-electron chi connectivity index (χ2n) is 4.75. The Labute approximate surface area is 114 Å². The monoisotopic (exact) mass is 283 g/mol. The third-order valence-corrected chi connectivity index (χ3v) is 3.47. The molecule has 0 bridgehead atoms. The Kier molecular flexibility index (Phi) is 3.71. The van der Waals surface area contributed by atoms with E-state index in [9.17, 15) is 18.0 Å². The highest BCUT2D eigenvalue weighted by Gasteiger charge is 2.42. The molecule has 0 unspecified atom stereocenters. The molecule has 0 aromatic heterocycles. The van der Waals surface area contributed by atoms with Crippen molar-refractivity contribution in [3.63, 3.8) is 0 Å². The molecule has 2 rings (SSSR count). The van der Waals surface area contributed by atoms with Crippen molar-refractivity contribution in [1.82, 2.24) is 0 Å². The van der Waals surface area contributed by atoms with Gasteiger partial charge in [0.1, 0.15) is 11.5 Å². The minimum absolute atomic E-state index is 0.126. The van der Waals surface area contributed by atoms with Crippen LogP contribution in [0.25, 0.3) is 4.85 Å². The Bertz CT molecular complexity index is 533. The van der Waals surface area contributed by atoms with Gasteiger partial charge in [0.25, 0.3) is 5.54 Å². The van der Waals surface area contributed by atoms with Crippen molar-refractivity contribution in [2.24, 2.45) is 0 Å². The fourth-order valence-corrected chi connectivity index (χ4v) is 2.37. The van der Waals surface area contributed by atoms with E-state index in [-0.39, 0.29) is 11.5 Å². The van der Waals surface area contributed by atoms with Crippen LogP contribution in [-0.2, 0) is 10.3 Å². The van der Waals surface area contributed by atoms with Gasteiger partial charge in [0.2, 0.25) is 0 Å². The van der Waals surface area contributed by atoms with Crippen LogP contribution in [0, 0.1) is 6.57 Å². The van der Waals surface area contributed by atoms with E-state index in [2.05, 4.69) is 9.58 Å². The molecule has 1 aromatic carbocycles. The lowest BCUT2D eigenvalue weighted by Gasteiger charge is -2.26. The van der Waals surface area contributed by atoms with Crippen LogP contribution >= 0.6 is 0 Å². The van der Waals surface area contributed by atoms with Crippen molar-refractivity contribution in [3.05, 3.63) is 41.2 Å². The second-order valence-corrected chi connectivity index (χ2v) is 4.75. The van der Waals surface area contributed by atoms with Gasteiger partial charge in [-0.05, 0) is 24.3 Å². The molecular weight excluding hydrogens is 271 g/mol. The smallest absolute Gasteiger partial charge is 0.406 e. The van der Waals surface area contributed by atoms with E-state index in [1.807, 2.05) is 0 Å². The molecule has 1 aliphatic carbocycles. The van der Waals surface area contributed by atoms with Gasteiger partial charge in [-0.2, -0.15) is 0 Å². The van der Waals surface area contributed by atoms with E-state index in [0.29, 0.717) is 31.2 Å². The normalized spacial score (nSPS) is 18.4. The lowest BCUT2D eigenvalue weighted by Crippen LogP contribution is -2.28. The highest BCUT2D eigenvalue weighted by molar-refractivity contribution is 5.79. The lowest BCUT2D eigenvalue weighted by atomic mass is 9.77. The Morgan fingerprint density at radius 3 is 2.15 bits per heavy atom. The van der Waals surface area contributed by atoms with Gasteiger partial charge in [-0.15, -0.1) is 13.2 Å². The summed E-state index contributed by atoms with van der Waals surface area (Å²) in [7, 11) is 0. The van der Waals surface area contributed by atoms with E-state index in [1.165, 1.54) is 24.3 Å². The number of ether oxygens (including phenoxy) is 1. The van der Waals surface area contributed by atoms with Crippen LogP contribution in [0.15, 0.2) is 24.3 Å². The number of carbonyl (C=O) groups is 1. The number of carbonyl (C=O) groups excluding carboxylic acids is 1. The fourth-order valence-electron chi connectivity index (χ4n) is 2.37. The van der Waals surface area contributed by atoms with Crippen LogP contribution < -0.4 is 4.74 Å². The molecule has 20 heavy (non-hydrogen) atoms. The first-order valence-electron chi connectivity index (χ1n) is 6.11. The average Bonchev–Trinajstić information content (AvgIpc) is 2.39. The molecule has 0 aliphatic heterocycles. The number of rotatable bonds is 2. The zero-order chi connectivity index (χ0) is 14.8. The number of hydrogen-bond acceptors (Lipinski definition) is 2. The summed E-state index contributed by atoms with van der Waals surface area (Å²) in [4.78, 5) is 14.9. The molecule has 1 aromatic rings. The van der Waals surface area contributed by atoms with Gasteiger partial charge >= 0.3 is 6.36 Å². The van der Waals surface area contributed by atoms with E-state index < -0.39 is 11.9 Å². The van der Waals surface area contributed by atoms with E-state index in [4.69, 9.17) is 6.57 Å². The molecule has 3 nitrogen and oxygen atoms in total. The molecule has 1 fully saturated rings. The molecule has 0 heterocycles. The zero-order valence-corrected chi connectivity index (χ0v) is 10.5. The molecule has 0 radical (unpaired) electrons. The number of benzene rings is 1. The molecule has 106 valence electrons. The van der Waals surface area contributed by atoms with Crippen LogP contribution in [-0.4, -0.2) is 12.1 Å². The van der Waals surface area contributed by atoms with Gasteiger partial charge in [-0.1, -0.05) is 0 Å². The van der Waals surface area contributed by atoms with E-state index in [0.717, 1.165) is 0 Å². The number of hydrogen-bond donors (Lipinski definition) is 0. The summed E-state index contributed by atoms with van der Waals surface area (Å²) in [5.41, 5.74) is -0.167. The fraction of sp³-hybridized carbons (Fsp3) is 0.429. The summed E-state index contributed by atoms with van der Waals surface area (Å²) >= 11 is 0. The minimum atomic E-state index is -4.73. The second kappa shape index (κ2) is 5.16. The van der Waals surface area contributed by atoms with E-state index >= 15 is 0 Å². The third-order valence-electron chi connectivity index (χ3n) is 3.47. The van der Waals surface area contributed by atoms with Gasteiger partial charge < -0.3 is 9.58 Å². The van der Waals surface area contributed by atoms with Gasteiger partial charge in [-0.25, -0.2) is 6.57 Å². The summed E-state index contributed by atoms with van der Waals surface area (Å²) in [6.45, 7) is 7.35. The molecule has 0 N–H and O–H groups in total. The molecule has 6 heteroatoms.